The number of para-hydroxylation sites is 1. The smallest absolute Gasteiger partial charge is 0.264 e. The number of ether oxygens (including phenoxy) is 1. The third kappa shape index (κ3) is 2.87. The standard InChI is InChI=1S/C17H15ClN2O3/c1-10-6-7-11(18)8-13(10)19-17(22)12-4-3-5-14-16(12)23-9-15(21)20(14)2/h3-8H,9H2,1-2H3,(H,19,22). The summed E-state index contributed by atoms with van der Waals surface area (Å²) in [6.45, 7) is 1.80. The maximum Gasteiger partial charge on any atom is 0.264 e. The van der Waals surface area contributed by atoms with E-state index in [1.807, 2.05) is 13.0 Å². The summed E-state index contributed by atoms with van der Waals surface area (Å²) < 4.78 is 5.47. The highest BCUT2D eigenvalue weighted by Gasteiger charge is 2.26. The summed E-state index contributed by atoms with van der Waals surface area (Å²) in [4.78, 5) is 25.8. The number of carbonyl (C=O) groups is 2. The quantitative estimate of drug-likeness (QED) is 0.919. The van der Waals surface area contributed by atoms with Crippen LogP contribution in [0.4, 0.5) is 11.4 Å². The van der Waals surface area contributed by atoms with Crippen molar-refractivity contribution in [1.82, 2.24) is 0 Å². The van der Waals surface area contributed by atoms with Gasteiger partial charge in [-0.05, 0) is 36.8 Å². The molecule has 0 bridgehead atoms. The molecule has 3 rings (SSSR count). The fourth-order valence-electron chi connectivity index (χ4n) is 2.40. The molecule has 118 valence electrons. The number of aryl methyl sites for hydroxylation is 1. The van der Waals surface area contributed by atoms with Crippen LogP contribution in [0.2, 0.25) is 5.02 Å². The molecule has 0 saturated carbocycles. The summed E-state index contributed by atoms with van der Waals surface area (Å²) >= 11 is 5.98. The van der Waals surface area contributed by atoms with Gasteiger partial charge in [0.25, 0.3) is 11.8 Å². The van der Waals surface area contributed by atoms with Crippen molar-refractivity contribution in [2.24, 2.45) is 0 Å². The molecule has 2 amide bonds. The largest absolute Gasteiger partial charge is 0.481 e. The van der Waals surface area contributed by atoms with Crippen molar-refractivity contribution in [3.63, 3.8) is 0 Å². The van der Waals surface area contributed by atoms with E-state index < -0.39 is 0 Å². The Hall–Kier alpha value is -2.53. The molecule has 1 aliphatic heterocycles. The maximum absolute atomic E-state index is 12.6. The van der Waals surface area contributed by atoms with Crippen LogP contribution in [0.3, 0.4) is 0 Å². The molecule has 1 aliphatic rings. The van der Waals surface area contributed by atoms with Crippen LogP contribution in [0.5, 0.6) is 5.75 Å². The van der Waals surface area contributed by atoms with Crippen molar-refractivity contribution < 1.29 is 14.3 Å². The second-order valence-electron chi connectivity index (χ2n) is 5.31. The second kappa shape index (κ2) is 5.93. The summed E-state index contributed by atoms with van der Waals surface area (Å²) in [6.07, 6.45) is 0. The number of likely N-dealkylation sites (N-methyl/N-ethyl adjacent to an activating group) is 1. The van der Waals surface area contributed by atoms with E-state index >= 15 is 0 Å². The molecule has 0 fully saturated rings. The molecule has 2 aromatic rings. The lowest BCUT2D eigenvalue weighted by molar-refractivity contribution is -0.121. The normalized spacial score (nSPS) is 13.3. The van der Waals surface area contributed by atoms with Crippen molar-refractivity contribution in [3.05, 3.63) is 52.5 Å². The van der Waals surface area contributed by atoms with Crippen molar-refractivity contribution >= 4 is 34.8 Å². The van der Waals surface area contributed by atoms with Crippen LogP contribution in [-0.2, 0) is 4.79 Å². The van der Waals surface area contributed by atoms with Gasteiger partial charge >= 0.3 is 0 Å². The van der Waals surface area contributed by atoms with E-state index in [-0.39, 0.29) is 18.4 Å². The number of hydrogen-bond donors (Lipinski definition) is 1. The van der Waals surface area contributed by atoms with Gasteiger partial charge in [0.2, 0.25) is 0 Å². The van der Waals surface area contributed by atoms with Gasteiger partial charge in [-0.25, -0.2) is 0 Å². The lowest BCUT2D eigenvalue weighted by atomic mass is 10.1. The Bertz CT molecular complexity index is 804. The van der Waals surface area contributed by atoms with Crippen LogP contribution >= 0.6 is 11.6 Å². The van der Waals surface area contributed by atoms with E-state index in [1.54, 1.807) is 37.4 Å². The third-order valence-corrected chi connectivity index (χ3v) is 4.00. The Labute approximate surface area is 138 Å². The number of rotatable bonds is 2. The Morgan fingerprint density at radius 2 is 2.09 bits per heavy atom. The summed E-state index contributed by atoms with van der Waals surface area (Å²) in [7, 11) is 1.66. The number of benzene rings is 2. The molecule has 0 aliphatic carbocycles. The molecule has 6 heteroatoms. The lowest BCUT2D eigenvalue weighted by Crippen LogP contribution is -2.36. The first kappa shape index (κ1) is 15.4. The summed E-state index contributed by atoms with van der Waals surface area (Å²) in [6, 6.07) is 10.4. The highest BCUT2D eigenvalue weighted by molar-refractivity contribution is 6.31. The minimum atomic E-state index is -0.310. The van der Waals surface area contributed by atoms with E-state index in [0.29, 0.717) is 27.7 Å². The van der Waals surface area contributed by atoms with E-state index in [0.717, 1.165) is 5.56 Å². The number of fused-ring (bicyclic) bond motifs is 1. The molecule has 0 saturated heterocycles. The summed E-state index contributed by atoms with van der Waals surface area (Å²) in [5.41, 5.74) is 2.50. The van der Waals surface area contributed by atoms with Crippen LogP contribution < -0.4 is 15.0 Å². The number of halogens is 1. The fourth-order valence-corrected chi connectivity index (χ4v) is 2.58. The predicted molar refractivity (Wildman–Crippen MR) is 89.5 cm³/mol. The molecule has 0 spiro atoms. The monoisotopic (exact) mass is 330 g/mol. The van der Waals surface area contributed by atoms with Gasteiger partial charge in [0.15, 0.2) is 12.4 Å². The average Bonchev–Trinajstić information content (AvgIpc) is 2.54. The Morgan fingerprint density at radius 3 is 2.87 bits per heavy atom. The van der Waals surface area contributed by atoms with Gasteiger partial charge in [-0.3, -0.25) is 9.59 Å². The van der Waals surface area contributed by atoms with Crippen molar-refractivity contribution in [1.29, 1.82) is 0 Å². The van der Waals surface area contributed by atoms with Gasteiger partial charge in [0.05, 0.1) is 11.3 Å². The Morgan fingerprint density at radius 1 is 1.30 bits per heavy atom. The van der Waals surface area contributed by atoms with Crippen LogP contribution in [0.1, 0.15) is 15.9 Å². The fraction of sp³-hybridized carbons (Fsp3) is 0.176. The number of carbonyl (C=O) groups excluding carboxylic acids is 2. The molecule has 1 heterocycles. The van der Waals surface area contributed by atoms with Crippen LogP contribution in [-0.4, -0.2) is 25.5 Å². The highest BCUT2D eigenvalue weighted by Crippen LogP contribution is 2.35. The molecule has 1 N–H and O–H groups in total. The van der Waals surface area contributed by atoms with Gasteiger partial charge in [-0.1, -0.05) is 23.7 Å². The van der Waals surface area contributed by atoms with Gasteiger partial charge < -0.3 is 15.0 Å². The maximum atomic E-state index is 12.6. The topological polar surface area (TPSA) is 58.6 Å². The number of nitrogens with zero attached hydrogens (tertiary/aromatic N) is 1. The molecule has 5 nitrogen and oxygen atoms in total. The number of nitrogens with one attached hydrogen (secondary N) is 1. The first-order valence-electron chi connectivity index (χ1n) is 7.07. The molecular formula is C17H15ClN2O3. The molecule has 2 aromatic carbocycles. The molecule has 0 atom stereocenters. The van der Waals surface area contributed by atoms with E-state index in [1.165, 1.54) is 4.90 Å². The second-order valence-corrected chi connectivity index (χ2v) is 5.75. The van der Waals surface area contributed by atoms with Gasteiger partial charge in [-0.15, -0.1) is 0 Å². The Balaban J connectivity index is 1.95. The third-order valence-electron chi connectivity index (χ3n) is 3.76. The average molecular weight is 331 g/mol. The first-order chi connectivity index (χ1) is 11.0. The predicted octanol–water partition coefficient (Wildman–Crippen LogP) is 3.26. The summed E-state index contributed by atoms with van der Waals surface area (Å²) in [5, 5.41) is 3.38. The highest BCUT2D eigenvalue weighted by atomic mass is 35.5. The summed E-state index contributed by atoms with van der Waals surface area (Å²) in [5.74, 6) is -0.0532. The van der Waals surface area contributed by atoms with Gasteiger partial charge in [0, 0.05) is 17.8 Å². The van der Waals surface area contributed by atoms with Gasteiger partial charge in [-0.2, -0.15) is 0 Å². The van der Waals surface area contributed by atoms with Gasteiger partial charge in [0.1, 0.15) is 0 Å². The minimum absolute atomic E-state index is 0.0794. The van der Waals surface area contributed by atoms with Crippen molar-refractivity contribution in [2.45, 2.75) is 6.92 Å². The zero-order chi connectivity index (χ0) is 16.6. The van der Waals surface area contributed by atoms with E-state index in [4.69, 9.17) is 16.3 Å². The number of hydrogen-bond acceptors (Lipinski definition) is 3. The Kier molecular flexibility index (Phi) is 3.96. The number of amides is 2. The first-order valence-corrected chi connectivity index (χ1v) is 7.45. The SMILES string of the molecule is Cc1ccc(Cl)cc1NC(=O)c1cccc2c1OCC(=O)N2C. The number of anilines is 2. The van der Waals surface area contributed by atoms with Crippen LogP contribution in [0.25, 0.3) is 0 Å². The molecule has 0 aromatic heterocycles. The molecule has 0 unspecified atom stereocenters. The van der Waals surface area contributed by atoms with Crippen molar-refractivity contribution in [2.75, 3.05) is 23.9 Å². The molecular weight excluding hydrogens is 316 g/mol. The molecule has 23 heavy (non-hydrogen) atoms. The zero-order valence-electron chi connectivity index (χ0n) is 12.7. The van der Waals surface area contributed by atoms with Crippen LogP contribution in [0, 0.1) is 6.92 Å². The van der Waals surface area contributed by atoms with E-state index in [9.17, 15) is 9.59 Å². The van der Waals surface area contributed by atoms with E-state index in [2.05, 4.69) is 5.32 Å². The lowest BCUT2D eigenvalue weighted by Gasteiger charge is -2.27. The zero-order valence-corrected chi connectivity index (χ0v) is 13.5. The van der Waals surface area contributed by atoms with Crippen molar-refractivity contribution in [3.8, 4) is 5.75 Å². The van der Waals surface area contributed by atoms with Crippen LogP contribution in [0.15, 0.2) is 36.4 Å². The minimum Gasteiger partial charge on any atom is -0.481 e. The molecule has 0 radical (unpaired) electrons.